The Hall–Kier alpha value is -1.29. The molecular weight excluding hydrogens is 216 g/mol. The van der Waals surface area contributed by atoms with Crippen LogP contribution in [-0.2, 0) is 4.79 Å². The van der Waals surface area contributed by atoms with Gasteiger partial charge >= 0.3 is 0 Å². The van der Waals surface area contributed by atoms with Crippen LogP contribution in [0.3, 0.4) is 0 Å². The van der Waals surface area contributed by atoms with Gasteiger partial charge in [-0.05, 0) is 0 Å². The summed E-state index contributed by atoms with van der Waals surface area (Å²) in [6, 6.07) is 1.73. The Morgan fingerprint density at radius 1 is 1.67 bits per heavy atom. The van der Waals surface area contributed by atoms with Crippen molar-refractivity contribution in [1.82, 2.24) is 4.98 Å². The predicted octanol–water partition coefficient (Wildman–Crippen LogP) is 1.43. The van der Waals surface area contributed by atoms with Crippen LogP contribution in [0.4, 0.5) is 5.69 Å². The second-order valence-corrected chi connectivity index (χ2v) is 3.97. The lowest BCUT2D eigenvalue weighted by Crippen LogP contribution is -2.25. The predicted molar refractivity (Wildman–Crippen MR) is 57.4 cm³/mol. The Balaban J connectivity index is 2.33. The monoisotopic (exact) mass is 226 g/mol. The summed E-state index contributed by atoms with van der Waals surface area (Å²) in [6.07, 6.45) is 3.62. The number of halogens is 1. The third-order valence-corrected chi connectivity index (χ3v) is 2.64. The van der Waals surface area contributed by atoms with E-state index >= 15 is 0 Å². The number of amides is 1. The number of carbonyl (C=O) groups is 1. The Bertz CT molecular complexity index is 383. The fourth-order valence-corrected chi connectivity index (χ4v) is 1.92. The van der Waals surface area contributed by atoms with Gasteiger partial charge in [0, 0.05) is 25.2 Å². The van der Waals surface area contributed by atoms with E-state index in [1.165, 1.54) is 0 Å². The fourth-order valence-electron chi connectivity index (χ4n) is 1.65. The average Bonchev–Trinajstić information content (AvgIpc) is 2.57. The van der Waals surface area contributed by atoms with Crippen molar-refractivity contribution in [3.05, 3.63) is 18.5 Å². The molecule has 1 fully saturated rings. The highest BCUT2D eigenvalue weighted by Gasteiger charge is 2.30. The highest BCUT2D eigenvalue weighted by Crippen LogP contribution is 2.31. The maximum atomic E-state index is 11.6. The molecule has 1 atom stereocenters. The lowest BCUT2D eigenvalue weighted by Gasteiger charge is -2.17. The summed E-state index contributed by atoms with van der Waals surface area (Å²) in [7, 11) is 1.57. The average molecular weight is 227 g/mol. The second kappa shape index (κ2) is 4.06. The van der Waals surface area contributed by atoms with E-state index in [0.717, 1.165) is 0 Å². The van der Waals surface area contributed by atoms with Crippen LogP contribution in [0.2, 0.25) is 0 Å². The van der Waals surface area contributed by atoms with Gasteiger partial charge in [-0.3, -0.25) is 9.78 Å². The van der Waals surface area contributed by atoms with Crippen LogP contribution < -0.4 is 9.64 Å². The quantitative estimate of drug-likeness (QED) is 0.717. The number of pyridine rings is 1. The van der Waals surface area contributed by atoms with Gasteiger partial charge in [-0.15, -0.1) is 11.6 Å². The molecule has 1 aromatic heterocycles. The lowest BCUT2D eigenvalue weighted by molar-refractivity contribution is -0.117. The number of methoxy groups -OCH3 is 1. The Kier molecular flexibility index (Phi) is 2.77. The summed E-state index contributed by atoms with van der Waals surface area (Å²) in [5.74, 6) is 0.658. The first kappa shape index (κ1) is 10.2. The molecule has 1 amide bonds. The molecule has 0 aromatic carbocycles. The molecule has 2 rings (SSSR count). The van der Waals surface area contributed by atoms with Gasteiger partial charge < -0.3 is 9.64 Å². The first-order valence-electron chi connectivity index (χ1n) is 4.65. The van der Waals surface area contributed by atoms with E-state index in [4.69, 9.17) is 16.3 Å². The number of ether oxygens (including phenoxy) is 1. The minimum absolute atomic E-state index is 0.0151. The number of hydrogen-bond donors (Lipinski definition) is 0. The molecule has 1 aliphatic rings. The largest absolute Gasteiger partial charge is 0.494 e. The molecule has 0 aliphatic carbocycles. The molecule has 4 nitrogen and oxygen atoms in total. The van der Waals surface area contributed by atoms with E-state index in [0.29, 0.717) is 24.4 Å². The summed E-state index contributed by atoms with van der Waals surface area (Å²) in [4.78, 5) is 17.2. The van der Waals surface area contributed by atoms with Crippen molar-refractivity contribution >= 4 is 23.2 Å². The Morgan fingerprint density at radius 3 is 3.07 bits per heavy atom. The van der Waals surface area contributed by atoms with Crippen molar-refractivity contribution in [2.24, 2.45) is 0 Å². The topological polar surface area (TPSA) is 42.4 Å². The van der Waals surface area contributed by atoms with Gasteiger partial charge in [-0.25, -0.2) is 0 Å². The third kappa shape index (κ3) is 1.90. The van der Waals surface area contributed by atoms with Crippen molar-refractivity contribution < 1.29 is 9.53 Å². The van der Waals surface area contributed by atoms with Crippen LogP contribution >= 0.6 is 11.6 Å². The molecule has 0 spiro atoms. The van der Waals surface area contributed by atoms with Gasteiger partial charge in [-0.1, -0.05) is 0 Å². The van der Waals surface area contributed by atoms with Gasteiger partial charge in [0.2, 0.25) is 5.91 Å². The zero-order valence-electron chi connectivity index (χ0n) is 8.31. The number of anilines is 1. The van der Waals surface area contributed by atoms with E-state index in [9.17, 15) is 4.79 Å². The molecule has 0 radical (unpaired) electrons. The van der Waals surface area contributed by atoms with E-state index in [1.807, 2.05) is 0 Å². The van der Waals surface area contributed by atoms with Gasteiger partial charge in [0.25, 0.3) is 0 Å². The van der Waals surface area contributed by atoms with Gasteiger partial charge in [0.15, 0.2) is 0 Å². The van der Waals surface area contributed by atoms with Crippen LogP contribution in [0.5, 0.6) is 5.75 Å². The molecule has 1 aliphatic heterocycles. The van der Waals surface area contributed by atoms with Crippen LogP contribution in [0.1, 0.15) is 6.42 Å². The van der Waals surface area contributed by atoms with Crippen molar-refractivity contribution in [1.29, 1.82) is 0 Å². The molecule has 0 saturated carbocycles. The molecule has 0 bridgehead atoms. The number of aromatic nitrogens is 1. The zero-order chi connectivity index (χ0) is 10.8. The maximum absolute atomic E-state index is 11.6. The van der Waals surface area contributed by atoms with Crippen molar-refractivity contribution in [3.63, 3.8) is 0 Å². The maximum Gasteiger partial charge on any atom is 0.228 e. The van der Waals surface area contributed by atoms with Gasteiger partial charge in [0.05, 0.1) is 18.7 Å². The van der Waals surface area contributed by atoms with Crippen LogP contribution in [0, 0.1) is 0 Å². The second-order valence-electron chi connectivity index (χ2n) is 3.35. The molecule has 0 N–H and O–H groups in total. The highest BCUT2D eigenvalue weighted by molar-refractivity contribution is 6.24. The van der Waals surface area contributed by atoms with Gasteiger partial charge in [0.1, 0.15) is 11.4 Å². The van der Waals surface area contributed by atoms with Crippen molar-refractivity contribution in [2.45, 2.75) is 11.8 Å². The number of rotatable bonds is 2. The standard InChI is InChI=1S/C10H11ClN2O2/c1-15-9-2-3-12-5-8(9)13-6-7(11)4-10(13)14/h2-3,5,7H,4,6H2,1H3. The fraction of sp³-hybridized carbons (Fsp3) is 0.400. The SMILES string of the molecule is COc1ccncc1N1CC(Cl)CC1=O. The van der Waals surface area contributed by atoms with E-state index in [2.05, 4.69) is 4.98 Å². The summed E-state index contributed by atoms with van der Waals surface area (Å²) in [5, 5.41) is -0.123. The third-order valence-electron chi connectivity index (χ3n) is 2.35. The minimum atomic E-state index is -0.123. The smallest absolute Gasteiger partial charge is 0.228 e. The highest BCUT2D eigenvalue weighted by atomic mass is 35.5. The van der Waals surface area contributed by atoms with Crippen molar-refractivity contribution in [2.75, 3.05) is 18.6 Å². The molecule has 5 heteroatoms. The Labute approximate surface area is 92.8 Å². The Morgan fingerprint density at radius 2 is 2.47 bits per heavy atom. The molecular formula is C10H11ClN2O2. The molecule has 15 heavy (non-hydrogen) atoms. The van der Waals surface area contributed by atoms with E-state index in [-0.39, 0.29) is 11.3 Å². The van der Waals surface area contributed by atoms with Crippen LogP contribution in [0.15, 0.2) is 18.5 Å². The minimum Gasteiger partial charge on any atom is -0.494 e. The first-order valence-corrected chi connectivity index (χ1v) is 5.08. The van der Waals surface area contributed by atoms with E-state index in [1.54, 1.807) is 30.5 Å². The number of carbonyl (C=O) groups excluding carboxylic acids is 1. The molecule has 1 saturated heterocycles. The number of nitrogens with zero attached hydrogens (tertiary/aromatic N) is 2. The zero-order valence-corrected chi connectivity index (χ0v) is 9.07. The van der Waals surface area contributed by atoms with Crippen LogP contribution in [0.25, 0.3) is 0 Å². The first-order chi connectivity index (χ1) is 7.22. The lowest BCUT2D eigenvalue weighted by atomic mass is 10.3. The molecule has 1 aromatic rings. The summed E-state index contributed by atoms with van der Waals surface area (Å²) in [6.45, 7) is 0.516. The summed E-state index contributed by atoms with van der Waals surface area (Å²) >= 11 is 5.92. The molecule has 80 valence electrons. The summed E-state index contributed by atoms with van der Waals surface area (Å²) in [5.41, 5.74) is 0.688. The van der Waals surface area contributed by atoms with Gasteiger partial charge in [-0.2, -0.15) is 0 Å². The van der Waals surface area contributed by atoms with E-state index < -0.39 is 0 Å². The number of alkyl halides is 1. The molecule has 1 unspecified atom stereocenters. The van der Waals surface area contributed by atoms with Crippen molar-refractivity contribution in [3.8, 4) is 5.75 Å². The molecule has 2 heterocycles. The number of hydrogen-bond acceptors (Lipinski definition) is 3. The normalized spacial score (nSPS) is 20.8. The summed E-state index contributed by atoms with van der Waals surface area (Å²) < 4.78 is 5.16. The van der Waals surface area contributed by atoms with Crippen LogP contribution in [-0.4, -0.2) is 29.9 Å².